The lowest BCUT2D eigenvalue weighted by Crippen LogP contribution is -2.29. The van der Waals surface area contributed by atoms with Crippen LogP contribution in [0.4, 0.5) is 5.13 Å². The van der Waals surface area contributed by atoms with Crippen LogP contribution in [0, 0.1) is 20.8 Å². The van der Waals surface area contributed by atoms with Gasteiger partial charge in [-0.05, 0) is 61.7 Å². The lowest BCUT2D eigenvalue weighted by molar-refractivity contribution is -0.132. The Labute approximate surface area is 210 Å². The number of amides is 1. The fourth-order valence-corrected chi connectivity index (χ4v) is 6.04. The van der Waals surface area contributed by atoms with Crippen molar-refractivity contribution in [3.8, 4) is 0 Å². The number of hydrogen-bond donors (Lipinski definition) is 1. The first kappa shape index (κ1) is 22.1. The molecule has 5 heterocycles. The Morgan fingerprint density at radius 3 is 2.67 bits per heavy atom. The molecule has 0 aliphatic carbocycles. The molecule has 1 unspecified atom stereocenters. The number of ketones is 1. The van der Waals surface area contributed by atoms with Gasteiger partial charge in [0.15, 0.2) is 10.9 Å². The van der Waals surface area contributed by atoms with Crippen LogP contribution < -0.4 is 4.90 Å². The highest BCUT2D eigenvalue weighted by Crippen LogP contribution is 2.44. The largest absolute Gasteiger partial charge is 0.505 e. The van der Waals surface area contributed by atoms with Crippen molar-refractivity contribution < 1.29 is 14.7 Å². The maximum Gasteiger partial charge on any atom is 0.301 e. The quantitative estimate of drug-likeness (QED) is 0.217. The topological polar surface area (TPSA) is 101 Å². The summed E-state index contributed by atoms with van der Waals surface area (Å²) in [6.07, 6.45) is 4.98. The summed E-state index contributed by atoms with van der Waals surface area (Å²) in [4.78, 5) is 41.9. The van der Waals surface area contributed by atoms with E-state index in [9.17, 15) is 14.7 Å². The Bertz CT molecular complexity index is 1730. The summed E-state index contributed by atoms with van der Waals surface area (Å²) >= 11 is 1.34. The maximum atomic E-state index is 13.5. The number of aromatic nitrogens is 4. The van der Waals surface area contributed by atoms with Gasteiger partial charge < -0.3 is 5.11 Å². The van der Waals surface area contributed by atoms with Gasteiger partial charge in [0.05, 0.1) is 27.5 Å². The summed E-state index contributed by atoms with van der Waals surface area (Å²) in [6.45, 7) is 5.74. The Morgan fingerprint density at radius 2 is 1.89 bits per heavy atom. The van der Waals surface area contributed by atoms with Crippen LogP contribution in [0.25, 0.3) is 21.6 Å². The molecular formula is C27H21N5O3S. The van der Waals surface area contributed by atoms with E-state index in [1.807, 2.05) is 44.2 Å². The average molecular weight is 496 g/mol. The number of thiazole rings is 1. The van der Waals surface area contributed by atoms with E-state index in [0.29, 0.717) is 27.7 Å². The number of benzene rings is 1. The number of hydrogen-bond acceptors (Lipinski definition) is 7. The number of fused-ring (bicyclic) bond motifs is 2. The number of pyridine rings is 2. The number of rotatable bonds is 3. The third-order valence-corrected chi connectivity index (χ3v) is 7.40. The second kappa shape index (κ2) is 8.10. The van der Waals surface area contributed by atoms with Gasteiger partial charge in [-0.25, -0.2) is 9.97 Å². The van der Waals surface area contributed by atoms with Crippen molar-refractivity contribution in [2.75, 3.05) is 4.90 Å². The van der Waals surface area contributed by atoms with Gasteiger partial charge in [0.2, 0.25) is 0 Å². The molecule has 9 heteroatoms. The summed E-state index contributed by atoms with van der Waals surface area (Å²) in [6, 6.07) is 12.1. The predicted octanol–water partition coefficient (Wildman–Crippen LogP) is 4.89. The molecule has 4 aromatic heterocycles. The van der Waals surface area contributed by atoms with Crippen molar-refractivity contribution in [1.82, 2.24) is 19.4 Å². The maximum absolute atomic E-state index is 13.5. The van der Waals surface area contributed by atoms with Crippen LogP contribution >= 0.6 is 11.3 Å². The fourth-order valence-electron chi connectivity index (χ4n) is 4.87. The molecule has 0 bridgehead atoms. The van der Waals surface area contributed by atoms with Crippen LogP contribution in [0.15, 0.2) is 66.6 Å². The molecule has 1 aliphatic rings. The van der Waals surface area contributed by atoms with Crippen molar-refractivity contribution in [2.45, 2.75) is 26.8 Å². The van der Waals surface area contributed by atoms with E-state index < -0.39 is 17.7 Å². The van der Waals surface area contributed by atoms with E-state index in [1.165, 1.54) is 16.2 Å². The van der Waals surface area contributed by atoms with Crippen LogP contribution in [0.5, 0.6) is 0 Å². The minimum Gasteiger partial charge on any atom is -0.505 e. The minimum absolute atomic E-state index is 0.0195. The summed E-state index contributed by atoms with van der Waals surface area (Å²) < 4.78 is 2.63. The van der Waals surface area contributed by atoms with E-state index in [0.717, 1.165) is 21.3 Å². The molecule has 1 N–H and O–H groups in total. The zero-order valence-electron chi connectivity index (χ0n) is 19.8. The van der Waals surface area contributed by atoms with Gasteiger partial charge in [-0.2, -0.15) is 0 Å². The van der Waals surface area contributed by atoms with Gasteiger partial charge >= 0.3 is 5.91 Å². The smallest absolute Gasteiger partial charge is 0.301 e. The number of anilines is 1. The monoisotopic (exact) mass is 495 g/mol. The predicted molar refractivity (Wildman–Crippen MR) is 138 cm³/mol. The summed E-state index contributed by atoms with van der Waals surface area (Å²) in [5, 5.41) is 12.0. The highest BCUT2D eigenvalue weighted by Gasteiger charge is 2.48. The molecule has 1 fully saturated rings. The lowest BCUT2D eigenvalue weighted by atomic mass is 9.97. The zero-order valence-corrected chi connectivity index (χ0v) is 20.6. The first-order valence-electron chi connectivity index (χ1n) is 11.4. The summed E-state index contributed by atoms with van der Waals surface area (Å²) in [5.74, 6) is -1.81. The fraction of sp³-hybridized carbons (Fsp3) is 0.148. The normalized spacial score (nSPS) is 17.5. The van der Waals surface area contributed by atoms with Gasteiger partial charge in [0.25, 0.3) is 5.78 Å². The number of aliphatic hydroxyl groups is 1. The van der Waals surface area contributed by atoms with Crippen molar-refractivity contribution in [1.29, 1.82) is 0 Å². The molecule has 36 heavy (non-hydrogen) atoms. The molecule has 0 spiro atoms. The molecule has 1 atom stereocenters. The number of carbonyl (C=O) groups excluding carboxylic acids is 2. The first-order valence-corrected chi connectivity index (χ1v) is 12.2. The van der Waals surface area contributed by atoms with Crippen LogP contribution in [-0.4, -0.2) is 36.1 Å². The van der Waals surface area contributed by atoms with E-state index in [4.69, 9.17) is 4.98 Å². The van der Waals surface area contributed by atoms with Gasteiger partial charge in [-0.15, -0.1) is 0 Å². The zero-order chi connectivity index (χ0) is 25.1. The Morgan fingerprint density at radius 1 is 1.06 bits per heavy atom. The third kappa shape index (κ3) is 3.24. The molecule has 0 saturated carbocycles. The number of aliphatic hydroxyl groups excluding tert-OH is 1. The van der Waals surface area contributed by atoms with Gasteiger partial charge in [0.1, 0.15) is 11.3 Å². The molecule has 0 radical (unpaired) electrons. The highest BCUT2D eigenvalue weighted by molar-refractivity contribution is 7.22. The van der Waals surface area contributed by atoms with Crippen LogP contribution in [0.3, 0.4) is 0 Å². The van der Waals surface area contributed by atoms with Crippen LogP contribution in [0.1, 0.15) is 34.1 Å². The Balaban J connectivity index is 1.61. The molecular weight excluding hydrogens is 474 g/mol. The van der Waals surface area contributed by atoms with Gasteiger partial charge in [-0.1, -0.05) is 29.5 Å². The summed E-state index contributed by atoms with van der Waals surface area (Å²) in [5.41, 5.74) is 4.97. The molecule has 6 rings (SSSR count). The second-order valence-electron chi connectivity index (χ2n) is 8.86. The van der Waals surface area contributed by atoms with Gasteiger partial charge in [-0.3, -0.25) is 23.9 Å². The van der Waals surface area contributed by atoms with E-state index in [1.54, 1.807) is 42.0 Å². The first-order chi connectivity index (χ1) is 17.3. The number of carbonyl (C=O) groups is 2. The third-order valence-electron chi connectivity index (χ3n) is 6.40. The van der Waals surface area contributed by atoms with Gasteiger partial charge in [0, 0.05) is 18.6 Å². The van der Waals surface area contributed by atoms with Crippen LogP contribution in [-0.2, 0) is 9.59 Å². The SMILES string of the molecule is Cc1cc(C)c2nc(N3C(=O)C(=O)/C(=C(/O)c4c(C)nc5ccccn45)C3c3cccnc3)sc2c1. The number of aryl methyl sites for hydroxylation is 3. The van der Waals surface area contributed by atoms with Crippen molar-refractivity contribution in [3.63, 3.8) is 0 Å². The van der Waals surface area contributed by atoms with Crippen molar-refractivity contribution >= 4 is 49.8 Å². The van der Waals surface area contributed by atoms with E-state index >= 15 is 0 Å². The number of imidazole rings is 1. The molecule has 178 valence electrons. The molecule has 1 aromatic carbocycles. The average Bonchev–Trinajstić information content (AvgIpc) is 3.50. The van der Waals surface area contributed by atoms with Crippen molar-refractivity contribution in [2.24, 2.45) is 0 Å². The molecule has 1 saturated heterocycles. The standard InChI is InChI=1S/C27H21N5O3S/c1-14-11-15(2)21-18(12-14)36-27(30-21)32-23(17-7-6-9-28-13-17)20(25(34)26(32)35)24(33)22-16(3)29-19-8-4-5-10-31(19)22/h4-13,23,33H,1-3H3/b24-20+. The number of Topliss-reactive ketones (excluding diaryl/α,β-unsaturated/α-hetero) is 1. The van der Waals surface area contributed by atoms with Crippen LogP contribution in [0.2, 0.25) is 0 Å². The van der Waals surface area contributed by atoms with E-state index in [2.05, 4.69) is 9.97 Å². The minimum atomic E-state index is -0.894. The Kier molecular flexibility index (Phi) is 4.97. The van der Waals surface area contributed by atoms with Crippen molar-refractivity contribution in [3.05, 3.63) is 94.7 Å². The molecule has 8 nitrogen and oxygen atoms in total. The Hall–Kier alpha value is -4.37. The molecule has 5 aromatic rings. The highest BCUT2D eigenvalue weighted by atomic mass is 32.1. The lowest BCUT2D eigenvalue weighted by Gasteiger charge is -2.22. The molecule has 1 aliphatic heterocycles. The number of nitrogens with zero attached hydrogens (tertiary/aromatic N) is 5. The molecule has 1 amide bonds. The second-order valence-corrected chi connectivity index (χ2v) is 9.86. The summed E-state index contributed by atoms with van der Waals surface area (Å²) in [7, 11) is 0. The van der Waals surface area contributed by atoms with E-state index in [-0.39, 0.29) is 11.3 Å².